The fourth-order valence-electron chi connectivity index (χ4n) is 2.15. The topological polar surface area (TPSA) is 117 Å². The zero-order chi connectivity index (χ0) is 15.0. The van der Waals surface area contributed by atoms with Gasteiger partial charge >= 0.3 is 4.87 Å². The number of carbonyl (C=O) groups excluding carboxylic acids is 1. The van der Waals surface area contributed by atoms with E-state index < -0.39 is 4.92 Å². The highest BCUT2D eigenvalue weighted by Crippen LogP contribution is 2.34. The Labute approximate surface area is 122 Å². The number of nitro benzene ring substituents is 1. The number of anilines is 2. The number of hydrogen-bond acceptors (Lipinski definition) is 6. The fraction of sp³-hybridized carbons (Fsp3) is 0.167. The number of nitrogens with one attached hydrogen (secondary N) is 3. The van der Waals surface area contributed by atoms with Crippen LogP contribution in [0, 0.1) is 10.1 Å². The Balaban J connectivity index is 1.90. The molecular formula is C12H10N4O4S. The number of aromatic amines is 1. The molecule has 1 amide bonds. The first kappa shape index (κ1) is 13.3. The molecule has 0 saturated carbocycles. The fourth-order valence-corrected chi connectivity index (χ4v) is 2.73. The second-order valence-electron chi connectivity index (χ2n) is 4.54. The number of amides is 1. The van der Waals surface area contributed by atoms with Crippen LogP contribution >= 0.6 is 11.3 Å². The number of aromatic nitrogens is 1. The lowest BCUT2D eigenvalue weighted by Gasteiger charge is -2.08. The number of benzene rings is 1. The van der Waals surface area contributed by atoms with Gasteiger partial charge in [-0.1, -0.05) is 11.3 Å². The Morgan fingerprint density at radius 2 is 2.19 bits per heavy atom. The van der Waals surface area contributed by atoms with Crippen LogP contribution in [-0.2, 0) is 17.8 Å². The molecule has 0 radical (unpaired) electrons. The van der Waals surface area contributed by atoms with Crippen molar-refractivity contribution in [2.45, 2.75) is 13.0 Å². The summed E-state index contributed by atoms with van der Waals surface area (Å²) in [5.74, 6) is -0.182. The van der Waals surface area contributed by atoms with Crippen molar-refractivity contribution in [3.63, 3.8) is 0 Å². The number of carbonyl (C=O) groups is 1. The minimum absolute atomic E-state index is 0.0946. The van der Waals surface area contributed by atoms with Crippen LogP contribution in [0.3, 0.4) is 0 Å². The first-order chi connectivity index (χ1) is 10.0. The van der Waals surface area contributed by atoms with Gasteiger partial charge in [-0.05, 0) is 11.6 Å². The van der Waals surface area contributed by atoms with Crippen molar-refractivity contribution in [1.82, 2.24) is 4.98 Å². The second kappa shape index (κ2) is 5.02. The number of fused-ring (bicyclic) bond motifs is 1. The van der Waals surface area contributed by atoms with Crippen LogP contribution in [-0.4, -0.2) is 15.8 Å². The molecule has 2 heterocycles. The van der Waals surface area contributed by atoms with E-state index in [4.69, 9.17) is 0 Å². The summed E-state index contributed by atoms with van der Waals surface area (Å²) in [6.07, 6.45) is 0.147. The van der Waals surface area contributed by atoms with Crippen LogP contribution in [0.15, 0.2) is 22.3 Å². The monoisotopic (exact) mass is 306 g/mol. The summed E-state index contributed by atoms with van der Waals surface area (Å²) in [5, 5.41) is 18.3. The summed E-state index contributed by atoms with van der Waals surface area (Å²) < 4.78 is 0. The average Bonchev–Trinajstić information content (AvgIpc) is 2.99. The van der Waals surface area contributed by atoms with Gasteiger partial charge in [-0.15, -0.1) is 0 Å². The van der Waals surface area contributed by atoms with E-state index in [1.165, 1.54) is 6.07 Å². The summed E-state index contributed by atoms with van der Waals surface area (Å²) in [6.45, 7) is 0.256. The lowest BCUT2D eigenvalue weighted by Crippen LogP contribution is -2.06. The second-order valence-corrected chi connectivity index (χ2v) is 5.38. The van der Waals surface area contributed by atoms with E-state index in [1.807, 2.05) is 0 Å². The first-order valence-electron chi connectivity index (χ1n) is 6.04. The summed E-state index contributed by atoms with van der Waals surface area (Å²) in [4.78, 5) is 35.4. The number of rotatable bonds is 4. The van der Waals surface area contributed by atoms with Crippen LogP contribution in [0.4, 0.5) is 17.1 Å². The molecule has 1 aromatic heterocycles. The highest BCUT2D eigenvalue weighted by molar-refractivity contribution is 7.07. The molecule has 2 aromatic rings. The van der Waals surface area contributed by atoms with E-state index in [-0.39, 0.29) is 29.4 Å². The number of nitro groups is 1. The lowest BCUT2D eigenvalue weighted by molar-refractivity contribution is -0.384. The maximum absolute atomic E-state index is 11.3. The maximum atomic E-state index is 11.3. The van der Waals surface area contributed by atoms with Crippen molar-refractivity contribution < 1.29 is 9.72 Å². The van der Waals surface area contributed by atoms with Gasteiger partial charge in [-0.25, -0.2) is 0 Å². The smallest absolute Gasteiger partial charge is 0.304 e. The molecule has 0 atom stereocenters. The van der Waals surface area contributed by atoms with Gasteiger partial charge in [0.2, 0.25) is 5.91 Å². The molecule has 1 aliphatic heterocycles. The average molecular weight is 306 g/mol. The zero-order valence-corrected chi connectivity index (χ0v) is 11.5. The Morgan fingerprint density at radius 1 is 1.38 bits per heavy atom. The molecule has 3 rings (SSSR count). The summed E-state index contributed by atoms with van der Waals surface area (Å²) in [7, 11) is 0. The molecule has 0 saturated heterocycles. The van der Waals surface area contributed by atoms with Gasteiger partial charge in [-0.3, -0.25) is 19.7 Å². The minimum Gasteiger partial charge on any atom is -0.374 e. The van der Waals surface area contributed by atoms with Gasteiger partial charge in [0, 0.05) is 22.8 Å². The number of hydrogen-bond donors (Lipinski definition) is 3. The molecular weight excluding hydrogens is 296 g/mol. The first-order valence-corrected chi connectivity index (χ1v) is 6.92. The van der Waals surface area contributed by atoms with E-state index in [2.05, 4.69) is 15.6 Å². The maximum Gasteiger partial charge on any atom is 0.304 e. The van der Waals surface area contributed by atoms with E-state index >= 15 is 0 Å². The van der Waals surface area contributed by atoms with Crippen molar-refractivity contribution in [3.05, 3.63) is 48.6 Å². The normalized spacial score (nSPS) is 12.9. The molecule has 8 nitrogen and oxygen atoms in total. The van der Waals surface area contributed by atoms with Gasteiger partial charge < -0.3 is 15.6 Å². The quantitative estimate of drug-likeness (QED) is 0.584. The molecule has 21 heavy (non-hydrogen) atoms. The van der Waals surface area contributed by atoms with Gasteiger partial charge in [0.1, 0.15) is 5.69 Å². The third-order valence-corrected chi connectivity index (χ3v) is 3.80. The van der Waals surface area contributed by atoms with E-state index in [0.29, 0.717) is 22.6 Å². The highest BCUT2D eigenvalue weighted by atomic mass is 32.1. The largest absolute Gasteiger partial charge is 0.374 e. The molecule has 0 unspecified atom stereocenters. The van der Waals surface area contributed by atoms with Crippen LogP contribution in [0.2, 0.25) is 0 Å². The van der Waals surface area contributed by atoms with Crippen molar-refractivity contribution in [1.29, 1.82) is 0 Å². The van der Waals surface area contributed by atoms with Crippen LogP contribution < -0.4 is 15.5 Å². The summed E-state index contributed by atoms with van der Waals surface area (Å²) in [5.41, 5.74) is 2.03. The van der Waals surface area contributed by atoms with E-state index in [1.54, 1.807) is 11.4 Å². The Morgan fingerprint density at radius 3 is 2.86 bits per heavy atom. The van der Waals surface area contributed by atoms with Crippen molar-refractivity contribution in [2.75, 3.05) is 10.6 Å². The molecule has 0 aliphatic carbocycles. The molecule has 0 bridgehead atoms. The molecule has 1 aromatic carbocycles. The number of thiazole rings is 1. The van der Waals surface area contributed by atoms with Crippen LogP contribution in [0.5, 0.6) is 0 Å². The number of H-pyrrole nitrogens is 1. The Bertz CT molecular complexity index is 795. The predicted molar refractivity (Wildman–Crippen MR) is 77.7 cm³/mol. The Kier molecular flexibility index (Phi) is 3.18. The van der Waals surface area contributed by atoms with Crippen molar-refractivity contribution in [2.24, 2.45) is 0 Å². The molecule has 9 heteroatoms. The molecule has 0 spiro atoms. The standard InChI is InChI=1S/C12H10N4O4S/c17-11-2-6-1-10(16(19)20)9(3-8(6)15-11)13-4-7-5-21-12(18)14-7/h1,3,5,13H,2,4H2,(H,14,18)(H,15,17). The highest BCUT2D eigenvalue weighted by Gasteiger charge is 2.24. The van der Waals surface area contributed by atoms with Gasteiger partial charge in [0.05, 0.1) is 17.9 Å². The van der Waals surface area contributed by atoms with E-state index in [9.17, 15) is 19.7 Å². The van der Waals surface area contributed by atoms with Gasteiger partial charge in [0.25, 0.3) is 5.69 Å². The van der Waals surface area contributed by atoms with Crippen molar-refractivity contribution in [3.8, 4) is 0 Å². The van der Waals surface area contributed by atoms with Crippen LogP contribution in [0.25, 0.3) is 0 Å². The predicted octanol–water partition coefficient (Wildman–Crippen LogP) is 1.45. The van der Waals surface area contributed by atoms with E-state index in [0.717, 1.165) is 11.3 Å². The zero-order valence-electron chi connectivity index (χ0n) is 10.6. The third-order valence-electron chi connectivity index (χ3n) is 3.08. The lowest BCUT2D eigenvalue weighted by atomic mass is 10.1. The van der Waals surface area contributed by atoms with Gasteiger partial charge in [-0.2, -0.15) is 0 Å². The molecule has 1 aliphatic rings. The number of nitrogens with zero attached hydrogens (tertiary/aromatic N) is 1. The minimum atomic E-state index is -0.498. The third kappa shape index (κ3) is 2.63. The van der Waals surface area contributed by atoms with Crippen molar-refractivity contribution >= 4 is 34.3 Å². The SMILES string of the molecule is O=C1Cc2cc([N+](=O)[O-])c(NCc3csc(=O)[nH]3)cc2N1. The molecule has 108 valence electrons. The summed E-state index contributed by atoms with van der Waals surface area (Å²) >= 11 is 1.03. The molecule has 0 fully saturated rings. The van der Waals surface area contributed by atoms with Gasteiger partial charge in [0.15, 0.2) is 0 Å². The Hall–Kier alpha value is -2.68. The summed E-state index contributed by atoms with van der Waals surface area (Å²) in [6, 6.07) is 2.94. The molecule has 3 N–H and O–H groups in total. The van der Waals surface area contributed by atoms with Crippen LogP contribution in [0.1, 0.15) is 11.3 Å².